The van der Waals surface area contributed by atoms with Crippen LogP contribution < -0.4 is 10.2 Å². The average molecular weight is 489 g/mol. The van der Waals surface area contributed by atoms with E-state index in [0.717, 1.165) is 49.3 Å². The third kappa shape index (κ3) is 7.06. The van der Waals surface area contributed by atoms with Crippen LogP contribution in [0.5, 0.6) is 0 Å². The smallest absolute Gasteiger partial charge is 0.306 e. The zero-order valence-electron chi connectivity index (χ0n) is 20.9. The maximum Gasteiger partial charge on any atom is 0.306 e. The number of rotatable bonds is 10. The molecule has 1 N–H and O–H groups in total. The van der Waals surface area contributed by atoms with Crippen LogP contribution in [0.15, 0.2) is 30.6 Å². The summed E-state index contributed by atoms with van der Waals surface area (Å²) in [5.74, 6) is 1.81. The summed E-state index contributed by atoms with van der Waals surface area (Å²) in [4.78, 5) is 23.7. The molecular weight excluding hydrogens is 452 g/mol. The third-order valence-corrected chi connectivity index (χ3v) is 6.62. The monoisotopic (exact) mass is 488 g/mol. The van der Waals surface area contributed by atoms with Gasteiger partial charge < -0.3 is 19.7 Å². The van der Waals surface area contributed by atoms with Gasteiger partial charge in [-0.05, 0) is 61.3 Å². The van der Waals surface area contributed by atoms with Crippen LogP contribution in [-0.2, 0) is 14.3 Å². The first-order valence-corrected chi connectivity index (χ1v) is 12.4. The highest BCUT2D eigenvalue weighted by atomic mass is 35.5. The Balaban J connectivity index is 1.97. The number of methoxy groups -OCH3 is 2. The number of carbonyl (C=O) groups is 1. The zero-order valence-corrected chi connectivity index (χ0v) is 21.6. The number of aromatic nitrogens is 2. The zero-order chi connectivity index (χ0) is 24.7. The van der Waals surface area contributed by atoms with Crippen molar-refractivity contribution in [1.29, 1.82) is 0 Å². The first kappa shape index (κ1) is 26.2. The van der Waals surface area contributed by atoms with E-state index in [1.54, 1.807) is 13.3 Å². The van der Waals surface area contributed by atoms with Gasteiger partial charge in [0.25, 0.3) is 0 Å². The summed E-state index contributed by atoms with van der Waals surface area (Å²) in [6.07, 6.45) is 8.36. The Morgan fingerprint density at radius 1 is 1.15 bits per heavy atom. The molecule has 1 aliphatic rings. The molecule has 0 spiro atoms. The van der Waals surface area contributed by atoms with Gasteiger partial charge in [-0.25, -0.2) is 9.97 Å². The first-order valence-electron chi connectivity index (χ1n) is 12.1. The molecule has 186 valence electrons. The number of esters is 1. The van der Waals surface area contributed by atoms with Gasteiger partial charge in [-0.15, -0.1) is 0 Å². The maximum atomic E-state index is 11.9. The standard InChI is InChI=1S/C26H37ClN4O3/c1-17(2)16-31(21-7-9-22(33-4)10-8-21)26-23(30-24-11-6-20(27)15-28-24)13-19(14-29-26)18(3)12-25(32)34-5/h6,11,13-15,17-18,21-22H,7-10,12,16H2,1-5H3,(H,28,30)/t18-,21?,22?/m1/s1. The van der Waals surface area contributed by atoms with Crippen LogP contribution in [0.25, 0.3) is 0 Å². The molecule has 1 atom stereocenters. The number of hydrogen-bond acceptors (Lipinski definition) is 7. The van der Waals surface area contributed by atoms with Gasteiger partial charge in [0.2, 0.25) is 0 Å². The molecule has 8 heteroatoms. The van der Waals surface area contributed by atoms with Crippen molar-refractivity contribution in [3.05, 3.63) is 41.2 Å². The summed E-state index contributed by atoms with van der Waals surface area (Å²) in [6.45, 7) is 7.37. The van der Waals surface area contributed by atoms with E-state index in [1.165, 1.54) is 7.11 Å². The second-order valence-electron chi connectivity index (χ2n) is 9.52. The largest absolute Gasteiger partial charge is 0.469 e. The number of pyridine rings is 2. The van der Waals surface area contributed by atoms with Crippen LogP contribution in [0.4, 0.5) is 17.3 Å². The minimum absolute atomic E-state index is 0.0246. The van der Waals surface area contributed by atoms with Crippen LogP contribution in [0, 0.1) is 5.92 Å². The SMILES string of the molecule is COC(=O)C[C@@H](C)c1cnc(N(CC(C)C)C2CCC(OC)CC2)c(Nc2ccc(Cl)cn2)c1. The van der Waals surface area contributed by atoms with Gasteiger partial charge in [0, 0.05) is 32.1 Å². The molecule has 0 saturated heterocycles. The summed E-state index contributed by atoms with van der Waals surface area (Å²) in [6, 6.07) is 6.14. The number of nitrogens with one attached hydrogen (secondary N) is 1. The summed E-state index contributed by atoms with van der Waals surface area (Å²) >= 11 is 6.04. The Hall–Kier alpha value is -2.38. The third-order valence-electron chi connectivity index (χ3n) is 6.40. The van der Waals surface area contributed by atoms with Gasteiger partial charge >= 0.3 is 5.97 Å². The van der Waals surface area contributed by atoms with E-state index in [9.17, 15) is 4.79 Å². The normalized spacial score (nSPS) is 19.0. The molecule has 1 aliphatic carbocycles. The molecule has 0 aliphatic heterocycles. The highest BCUT2D eigenvalue weighted by molar-refractivity contribution is 6.30. The second kappa shape index (κ2) is 12.4. The summed E-state index contributed by atoms with van der Waals surface area (Å²) in [5, 5.41) is 4.04. The van der Waals surface area contributed by atoms with E-state index in [-0.39, 0.29) is 11.9 Å². The van der Waals surface area contributed by atoms with Crippen molar-refractivity contribution >= 4 is 34.9 Å². The topological polar surface area (TPSA) is 76.6 Å². The van der Waals surface area contributed by atoms with Crippen molar-refractivity contribution in [3.63, 3.8) is 0 Å². The summed E-state index contributed by atoms with van der Waals surface area (Å²) < 4.78 is 10.5. The number of anilines is 3. The molecule has 0 amide bonds. The second-order valence-corrected chi connectivity index (χ2v) is 9.96. The fourth-order valence-corrected chi connectivity index (χ4v) is 4.61. The Labute approximate surface area is 208 Å². The summed E-state index contributed by atoms with van der Waals surface area (Å²) in [5.41, 5.74) is 1.84. The Morgan fingerprint density at radius 2 is 1.88 bits per heavy atom. The number of carbonyl (C=O) groups excluding carboxylic acids is 1. The molecule has 2 aromatic rings. The first-order chi connectivity index (χ1) is 16.3. The van der Waals surface area contributed by atoms with Gasteiger partial charge in [0.15, 0.2) is 5.82 Å². The average Bonchev–Trinajstić information content (AvgIpc) is 2.84. The van der Waals surface area contributed by atoms with Gasteiger partial charge in [-0.2, -0.15) is 0 Å². The minimum Gasteiger partial charge on any atom is -0.469 e. The van der Waals surface area contributed by atoms with Crippen molar-refractivity contribution < 1.29 is 14.3 Å². The molecular formula is C26H37ClN4O3. The maximum absolute atomic E-state index is 11.9. The Morgan fingerprint density at radius 3 is 2.47 bits per heavy atom. The number of nitrogens with zero attached hydrogens (tertiary/aromatic N) is 3. The Bertz CT molecular complexity index is 930. The van der Waals surface area contributed by atoms with Crippen molar-refractivity contribution in [2.45, 2.75) is 70.9 Å². The van der Waals surface area contributed by atoms with Crippen molar-refractivity contribution in [2.75, 3.05) is 31.0 Å². The molecule has 0 radical (unpaired) electrons. The van der Waals surface area contributed by atoms with E-state index in [0.29, 0.717) is 35.3 Å². The number of ether oxygens (including phenoxy) is 2. The summed E-state index contributed by atoms with van der Waals surface area (Å²) in [7, 11) is 3.21. The molecule has 2 heterocycles. The molecule has 1 saturated carbocycles. The molecule has 1 fully saturated rings. The molecule has 0 unspecified atom stereocenters. The number of hydrogen-bond donors (Lipinski definition) is 1. The van der Waals surface area contributed by atoms with E-state index >= 15 is 0 Å². The van der Waals surface area contributed by atoms with Gasteiger partial charge in [0.1, 0.15) is 5.82 Å². The van der Waals surface area contributed by atoms with Gasteiger partial charge in [-0.1, -0.05) is 32.4 Å². The predicted octanol–water partition coefficient (Wildman–Crippen LogP) is 5.96. The quantitative estimate of drug-likeness (QED) is 0.413. The van der Waals surface area contributed by atoms with E-state index < -0.39 is 0 Å². The lowest BCUT2D eigenvalue weighted by Crippen LogP contribution is -2.42. The lowest BCUT2D eigenvalue weighted by molar-refractivity contribution is -0.140. The van der Waals surface area contributed by atoms with E-state index in [4.69, 9.17) is 26.1 Å². The number of halogens is 1. The van der Waals surface area contributed by atoms with Gasteiger partial charge in [-0.3, -0.25) is 4.79 Å². The lowest BCUT2D eigenvalue weighted by atomic mass is 9.91. The minimum atomic E-state index is -0.234. The van der Waals surface area contributed by atoms with E-state index in [2.05, 4.69) is 35.1 Å². The van der Waals surface area contributed by atoms with Crippen molar-refractivity contribution in [1.82, 2.24) is 9.97 Å². The molecule has 7 nitrogen and oxygen atoms in total. The molecule has 34 heavy (non-hydrogen) atoms. The van der Waals surface area contributed by atoms with Crippen LogP contribution in [0.2, 0.25) is 5.02 Å². The molecule has 0 aromatic carbocycles. The van der Waals surface area contributed by atoms with Crippen LogP contribution in [0.1, 0.15) is 64.4 Å². The van der Waals surface area contributed by atoms with Crippen LogP contribution in [-0.4, -0.2) is 48.8 Å². The highest BCUT2D eigenvalue weighted by Gasteiger charge is 2.29. The fraction of sp³-hybridized carbons (Fsp3) is 0.577. The van der Waals surface area contributed by atoms with Crippen molar-refractivity contribution in [3.8, 4) is 0 Å². The molecule has 0 bridgehead atoms. The Kier molecular flexibility index (Phi) is 9.54. The lowest BCUT2D eigenvalue weighted by Gasteiger charge is -2.39. The van der Waals surface area contributed by atoms with E-state index in [1.807, 2.05) is 25.3 Å². The molecule has 2 aromatic heterocycles. The van der Waals surface area contributed by atoms with Crippen LogP contribution >= 0.6 is 11.6 Å². The van der Waals surface area contributed by atoms with Gasteiger partial charge in [0.05, 0.1) is 30.3 Å². The highest BCUT2D eigenvalue weighted by Crippen LogP contribution is 2.35. The molecule has 3 rings (SSSR count). The van der Waals surface area contributed by atoms with Crippen LogP contribution in [0.3, 0.4) is 0 Å². The van der Waals surface area contributed by atoms with Crippen molar-refractivity contribution in [2.24, 2.45) is 5.92 Å². The fourth-order valence-electron chi connectivity index (χ4n) is 4.50. The predicted molar refractivity (Wildman–Crippen MR) is 137 cm³/mol.